The Morgan fingerprint density at radius 2 is 2.16 bits per heavy atom. The number of ketones is 1. The number of nitrogens with zero attached hydrogens (tertiary/aromatic N) is 1. The quantitative estimate of drug-likeness (QED) is 0.676. The zero-order valence-corrected chi connectivity index (χ0v) is 11.4. The molecule has 0 N–H and O–H groups in total. The normalized spacial score (nSPS) is 11.0. The highest BCUT2D eigenvalue weighted by atomic mass is 32.1. The molecule has 3 nitrogen and oxygen atoms in total. The first kappa shape index (κ1) is 12.1. The Hall–Kier alpha value is -1.94. The SMILES string of the molecule is CCc1occc1C(=O)Cc1nc2ccccc2s1. The summed E-state index contributed by atoms with van der Waals surface area (Å²) in [7, 11) is 0. The Kier molecular flexibility index (Phi) is 3.17. The van der Waals surface area contributed by atoms with E-state index in [1.54, 1.807) is 23.7 Å². The van der Waals surface area contributed by atoms with Crippen LogP contribution in [-0.2, 0) is 12.8 Å². The molecule has 1 aromatic carbocycles. The van der Waals surface area contributed by atoms with E-state index in [-0.39, 0.29) is 5.78 Å². The van der Waals surface area contributed by atoms with Gasteiger partial charge in [-0.3, -0.25) is 4.79 Å². The monoisotopic (exact) mass is 271 g/mol. The predicted octanol–water partition coefficient (Wildman–Crippen LogP) is 3.88. The van der Waals surface area contributed by atoms with Crippen molar-refractivity contribution in [1.29, 1.82) is 0 Å². The fraction of sp³-hybridized carbons (Fsp3) is 0.200. The van der Waals surface area contributed by atoms with Crippen LogP contribution in [0.3, 0.4) is 0 Å². The molecule has 2 heterocycles. The third kappa shape index (κ3) is 2.31. The average molecular weight is 271 g/mol. The molecule has 3 aromatic rings. The number of aromatic nitrogens is 1. The van der Waals surface area contributed by atoms with Gasteiger partial charge in [-0.25, -0.2) is 4.98 Å². The van der Waals surface area contributed by atoms with Crippen LogP contribution in [0.5, 0.6) is 0 Å². The Morgan fingerprint density at radius 1 is 1.32 bits per heavy atom. The molecule has 0 aliphatic heterocycles. The molecule has 0 unspecified atom stereocenters. The van der Waals surface area contributed by atoms with E-state index in [9.17, 15) is 4.79 Å². The highest BCUT2D eigenvalue weighted by Crippen LogP contribution is 2.23. The summed E-state index contributed by atoms with van der Waals surface area (Å²) < 4.78 is 6.41. The van der Waals surface area contributed by atoms with Crippen LogP contribution in [0.25, 0.3) is 10.2 Å². The van der Waals surface area contributed by atoms with Crippen LogP contribution in [0.2, 0.25) is 0 Å². The second-order valence-electron chi connectivity index (χ2n) is 4.29. The Balaban J connectivity index is 1.86. The van der Waals surface area contributed by atoms with E-state index in [1.807, 2.05) is 31.2 Å². The molecular formula is C15H13NO2S. The molecule has 0 radical (unpaired) electrons. The minimum absolute atomic E-state index is 0.0738. The lowest BCUT2D eigenvalue weighted by molar-refractivity contribution is 0.0991. The summed E-state index contributed by atoms with van der Waals surface area (Å²) in [4.78, 5) is 16.7. The van der Waals surface area contributed by atoms with Crippen molar-refractivity contribution in [2.75, 3.05) is 0 Å². The van der Waals surface area contributed by atoms with E-state index in [0.29, 0.717) is 12.0 Å². The first-order valence-electron chi connectivity index (χ1n) is 6.22. The molecule has 0 aliphatic rings. The van der Waals surface area contributed by atoms with Crippen LogP contribution in [-0.4, -0.2) is 10.8 Å². The van der Waals surface area contributed by atoms with Crippen molar-refractivity contribution >= 4 is 27.3 Å². The summed E-state index contributed by atoms with van der Waals surface area (Å²) in [6.07, 6.45) is 2.64. The van der Waals surface area contributed by atoms with Crippen LogP contribution in [0, 0.1) is 0 Å². The number of para-hydroxylation sites is 1. The van der Waals surface area contributed by atoms with Crippen LogP contribution >= 0.6 is 11.3 Å². The van der Waals surface area contributed by atoms with E-state index in [2.05, 4.69) is 4.98 Å². The van der Waals surface area contributed by atoms with Gasteiger partial charge in [-0.1, -0.05) is 19.1 Å². The highest BCUT2D eigenvalue weighted by molar-refractivity contribution is 7.18. The molecule has 0 fully saturated rings. The van der Waals surface area contributed by atoms with Crippen LogP contribution in [0.15, 0.2) is 41.0 Å². The Labute approximate surface area is 114 Å². The van der Waals surface area contributed by atoms with Crippen LogP contribution < -0.4 is 0 Å². The molecule has 19 heavy (non-hydrogen) atoms. The third-order valence-electron chi connectivity index (χ3n) is 3.02. The molecule has 0 aliphatic carbocycles. The fourth-order valence-corrected chi connectivity index (χ4v) is 3.06. The maximum absolute atomic E-state index is 12.2. The Bertz CT molecular complexity index is 693. The van der Waals surface area contributed by atoms with Crippen molar-refractivity contribution in [3.05, 3.63) is 52.9 Å². The fourth-order valence-electron chi connectivity index (χ4n) is 2.09. The lowest BCUT2D eigenvalue weighted by Crippen LogP contribution is -2.04. The number of benzene rings is 1. The molecule has 96 valence electrons. The van der Waals surface area contributed by atoms with Gasteiger partial charge in [0.05, 0.1) is 28.5 Å². The van der Waals surface area contributed by atoms with E-state index in [1.165, 1.54) is 0 Å². The van der Waals surface area contributed by atoms with Gasteiger partial charge >= 0.3 is 0 Å². The maximum atomic E-state index is 12.2. The second kappa shape index (κ2) is 4.97. The summed E-state index contributed by atoms with van der Waals surface area (Å²) >= 11 is 1.57. The topological polar surface area (TPSA) is 43.1 Å². The summed E-state index contributed by atoms with van der Waals surface area (Å²) in [6.45, 7) is 1.98. The molecule has 0 amide bonds. The van der Waals surface area contributed by atoms with Crippen LogP contribution in [0.4, 0.5) is 0 Å². The summed E-state index contributed by atoms with van der Waals surface area (Å²) in [5.41, 5.74) is 1.64. The van der Waals surface area contributed by atoms with Gasteiger partial charge in [-0.15, -0.1) is 11.3 Å². The van der Waals surface area contributed by atoms with Crippen molar-refractivity contribution in [3.8, 4) is 0 Å². The minimum Gasteiger partial charge on any atom is -0.469 e. The lowest BCUT2D eigenvalue weighted by Gasteiger charge is -1.97. The molecule has 0 bridgehead atoms. The van der Waals surface area contributed by atoms with Gasteiger partial charge in [0, 0.05) is 6.42 Å². The molecule has 0 saturated heterocycles. The number of fused-ring (bicyclic) bond motifs is 1. The number of aryl methyl sites for hydroxylation is 1. The number of Topliss-reactive ketones (excluding diaryl/α,β-unsaturated/α-hetero) is 1. The molecule has 0 saturated carbocycles. The van der Waals surface area contributed by atoms with Gasteiger partial charge in [-0.2, -0.15) is 0 Å². The van der Waals surface area contributed by atoms with Gasteiger partial charge < -0.3 is 4.42 Å². The maximum Gasteiger partial charge on any atom is 0.173 e. The van der Waals surface area contributed by atoms with Crippen molar-refractivity contribution in [1.82, 2.24) is 4.98 Å². The molecule has 3 rings (SSSR count). The van der Waals surface area contributed by atoms with Gasteiger partial charge in [0.2, 0.25) is 0 Å². The number of carbonyl (C=O) groups excluding carboxylic acids is 1. The third-order valence-corrected chi connectivity index (χ3v) is 4.05. The highest BCUT2D eigenvalue weighted by Gasteiger charge is 2.15. The average Bonchev–Trinajstić information content (AvgIpc) is 3.03. The number of rotatable bonds is 4. The molecule has 0 atom stereocenters. The summed E-state index contributed by atoms with van der Waals surface area (Å²) in [6, 6.07) is 9.68. The minimum atomic E-state index is 0.0738. The Morgan fingerprint density at radius 3 is 2.95 bits per heavy atom. The molecular weight excluding hydrogens is 258 g/mol. The number of hydrogen-bond donors (Lipinski definition) is 0. The van der Waals surface area contributed by atoms with Crippen molar-refractivity contribution in [3.63, 3.8) is 0 Å². The number of hydrogen-bond acceptors (Lipinski definition) is 4. The number of carbonyl (C=O) groups is 1. The smallest absolute Gasteiger partial charge is 0.173 e. The van der Waals surface area contributed by atoms with Gasteiger partial charge in [0.15, 0.2) is 5.78 Å². The van der Waals surface area contributed by atoms with Gasteiger partial charge in [-0.05, 0) is 18.2 Å². The van der Waals surface area contributed by atoms with E-state index < -0.39 is 0 Å². The van der Waals surface area contributed by atoms with E-state index >= 15 is 0 Å². The van der Waals surface area contributed by atoms with Crippen molar-refractivity contribution in [2.24, 2.45) is 0 Å². The second-order valence-corrected chi connectivity index (χ2v) is 5.40. The van der Waals surface area contributed by atoms with Gasteiger partial charge in [0.25, 0.3) is 0 Å². The summed E-state index contributed by atoms with van der Waals surface area (Å²) in [5, 5.41) is 0.856. The summed E-state index contributed by atoms with van der Waals surface area (Å²) in [5.74, 6) is 0.829. The van der Waals surface area contributed by atoms with Gasteiger partial charge in [0.1, 0.15) is 10.8 Å². The first-order valence-corrected chi connectivity index (χ1v) is 7.03. The lowest BCUT2D eigenvalue weighted by atomic mass is 10.1. The number of furan rings is 1. The first-order chi connectivity index (χ1) is 9.28. The standard InChI is InChI=1S/C15H13NO2S/c1-2-13-10(7-8-18-13)12(17)9-15-16-11-5-3-4-6-14(11)19-15/h3-8H,2,9H2,1H3. The predicted molar refractivity (Wildman–Crippen MR) is 75.7 cm³/mol. The number of thiazole rings is 1. The van der Waals surface area contributed by atoms with Crippen molar-refractivity contribution < 1.29 is 9.21 Å². The molecule has 0 spiro atoms. The zero-order valence-electron chi connectivity index (χ0n) is 10.6. The van der Waals surface area contributed by atoms with E-state index in [4.69, 9.17) is 4.42 Å². The largest absolute Gasteiger partial charge is 0.469 e. The molecule has 4 heteroatoms. The zero-order chi connectivity index (χ0) is 13.2. The van der Waals surface area contributed by atoms with Crippen LogP contribution in [0.1, 0.15) is 28.0 Å². The molecule has 2 aromatic heterocycles. The van der Waals surface area contributed by atoms with E-state index in [0.717, 1.165) is 27.4 Å². The van der Waals surface area contributed by atoms with Crippen molar-refractivity contribution in [2.45, 2.75) is 19.8 Å².